The number of aryl methyl sites for hydroxylation is 1. The molecule has 2 N–H and O–H groups in total. The number of hydrogen-bond donors (Lipinski definition) is 2. The Hall–Kier alpha value is -2.01. The van der Waals surface area contributed by atoms with E-state index < -0.39 is 18.2 Å². The van der Waals surface area contributed by atoms with E-state index in [0.29, 0.717) is 19.4 Å². The zero-order valence-corrected chi connectivity index (χ0v) is 15.6. The molecule has 2 unspecified atom stereocenters. The highest BCUT2D eigenvalue weighted by molar-refractivity contribution is 5.86. The van der Waals surface area contributed by atoms with E-state index in [1.54, 1.807) is 0 Å². The quantitative estimate of drug-likeness (QED) is 0.846. The van der Waals surface area contributed by atoms with E-state index in [0.717, 1.165) is 12.1 Å². The molecule has 2 aliphatic rings. The second kappa shape index (κ2) is 7.70. The molecule has 1 heterocycles. The second-order valence-electron chi connectivity index (χ2n) is 7.49. The molecule has 0 radical (unpaired) electrons. The largest absolute Gasteiger partial charge is 0.390 e. The molecular formula is C21H27FN2O2. The molecule has 0 bridgehead atoms. The molecule has 1 amide bonds. The van der Waals surface area contributed by atoms with Gasteiger partial charge in [-0.15, -0.1) is 0 Å². The molecule has 26 heavy (non-hydrogen) atoms. The van der Waals surface area contributed by atoms with Crippen LogP contribution in [0.5, 0.6) is 0 Å². The Balaban J connectivity index is 1.62. The fraction of sp³-hybridized carbons (Fsp3) is 0.524. The minimum atomic E-state index is -1.45. The summed E-state index contributed by atoms with van der Waals surface area (Å²) in [5, 5.41) is 12.3. The van der Waals surface area contributed by atoms with Gasteiger partial charge in [-0.2, -0.15) is 0 Å². The molecule has 0 saturated heterocycles. The molecule has 0 aromatic heterocycles. The zero-order valence-electron chi connectivity index (χ0n) is 15.6. The summed E-state index contributed by atoms with van der Waals surface area (Å²) in [4.78, 5) is 16.5. The number of amides is 1. The van der Waals surface area contributed by atoms with Crippen molar-refractivity contribution in [1.82, 2.24) is 5.32 Å². The lowest BCUT2D eigenvalue weighted by atomic mass is 9.92. The number of nitrogens with zero attached hydrogens (tertiary/aromatic N) is 1. The minimum Gasteiger partial charge on any atom is -0.390 e. The lowest BCUT2D eigenvalue weighted by Gasteiger charge is -2.19. The van der Waals surface area contributed by atoms with E-state index >= 15 is 0 Å². The van der Waals surface area contributed by atoms with Crippen LogP contribution in [0.4, 0.5) is 4.39 Å². The van der Waals surface area contributed by atoms with E-state index in [-0.39, 0.29) is 11.8 Å². The van der Waals surface area contributed by atoms with Crippen LogP contribution >= 0.6 is 0 Å². The van der Waals surface area contributed by atoms with Crippen molar-refractivity contribution in [3.05, 3.63) is 40.6 Å². The molecule has 1 fully saturated rings. The third kappa shape index (κ3) is 3.73. The molecule has 1 saturated carbocycles. The first-order valence-electron chi connectivity index (χ1n) is 9.31. The number of halogens is 1. The van der Waals surface area contributed by atoms with Gasteiger partial charge in [0.25, 0.3) is 0 Å². The summed E-state index contributed by atoms with van der Waals surface area (Å²) in [5.41, 5.74) is 5.87. The summed E-state index contributed by atoms with van der Waals surface area (Å²) < 4.78 is 13.8. The molecular weight excluding hydrogens is 331 g/mol. The van der Waals surface area contributed by atoms with Gasteiger partial charge >= 0.3 is 0 Å². The van der Waals surface area contributed by atoms with E-state index in [4.69, 9.17) is 0 Å². The van der Waals surface area contributed by atoms with Crippen LogP contribution in [0.3, 0.4) is 0 Å². The predicted molar refractivity (Wildman–Crippen MR) is 102 cm³/mol. The average molecular weight is 358 g/mol. The summed E-state index contributed by atoms with van der Waals surface area (Å²) in [6.07, 6.45) is 1.12. The SMILES string of the molecule is CC1=C(c2ccc(C(C)CNC(=O)C3CC[C@H](O)[C@@H]3F)c(C)c2)CC=N1. The van der Waals surface area contributed by atoms with E-state index in [1.165, 1.54) is 22.3 Å². The summed E-state index contributed by atoms with van der Waals surface area (Å²) >= 11 is 0. The molecule has 0 spiro atoms. The highest BCUT2D eigenvalue weighted by Crippen LogP contribution is 2.31. The number of carbonyl (C=O) groups excluding carboxylic acids is 1. The van der Waals surface area contributed by atoms with Gasteiger partial charge in [0.2, 0.25) is 5.91 Å². The highest BCUT2D eigenvalue weighted by Gasteiger charge is 2.39. The van der Waals surface area contributed by atoms with Gasteiger partial charge in [-0.05, 0) is 54.9 Å². The number of aliphatic imine (C=N–C) groups is 1. The fourth-order valence-corrected chi connectivity index (χ4v) is 3.95. The molecule has 1 aliphatic carbocycles. The van der Waals surface area contributed by atoms with Crippen molar-refractivity contribution < 1.29 is 14.3 Å². The number of aliphatic hydroxyl groups is 1. The van der Waals surface area contributed by atoms with Crippen LogP contribution in [-0.4, -0.2) is 36.0 Å². The first-order chi connectivity index (χ1) is 12.4. The third-order valence-electron chi connectivity index (χ3n) is 5.61. The van der Waals surface area contributed by atoms with Crippen LogP contribution in [0, 0.1) is 12.8 Å². The van der Waals surface area contributed by atoms with E-state index in [2.05, 4.69) is 42.4 Å². The van der Waals surface area contributed by atoms with Crippen LogP contribution in [0.15, 0.2) is 28.9 Å². The Morgan fingerprint density at radius 1 is 1.38 bits per heavy atom. The number of nitrogens with one attached hydrogen (secondary N) is 1. The molecule has 1 aromatic carbocycles. The van der Waals surface area contributed by atoms with Crippen LogP contribution in [-0.2, 0) is 4.79 Å². The van der Waals surface area contributed by atoms with Crippen LogP contribution in [0.2, 0.25) is 0 Å². The lowest BCUT2D eigenvalue weighted by Crippen LogP contribution is -2.37. The summed E-state index contributed by atoms with van der Waals surface area (Å²) in [6.45, 7) is 6.62. The minimum absolute atomic E-state index is 0.132. The van der Waals surface area contributed by atoms with Crippen LogP contribution in [0.25, 0.3) is 5.57 Å². The summed E-state index contributed by atoms with van der Waals surface area (Å²) in [6, 6.07) is 6.39. The van der Waals surface area contributed by atoms with Gasteiger partial charge < -0.3 is 10.4 Å². The Bertz CT molecular complexity index is 756. The van der Waals surface area contributed by atoms with Crippen LogP contribution < -0.4 is 5.32 Å². The third-order valence-corrected chi connectivity index (χ3v) is 5.61. The van der Waals surface area contributed by atoms with Crippen molar-refractivity contribution in [2.45, 2.75) is 58.2 Å². The predicted octanol–water partition coefficient (Wildman–Crippen LogP) is 3.53. The fourth-order valence-electron chi connectivity index (χ4n) is 3.95. The van der Waals surface area contributed by atoms with Crippen molar-refractivity contribution in [2.75, 3.05) is 6.54 Å². The van der Waals surface area contributed by atoms with Gasteiger partial charge in [-0.25, -0.2) is 4.39 Å². The van der Waals surface area contributed by atoms with Gasteiger partial charge in [0.05, 0.1) is 12.0 Å². The van der Waals surface area contributed by atoms with Gasteiger partial charge in [0.1, 0.15) is 6.17 Å². The van der Waals surface area contributed by atoms with Crippen molar-refractivity contribution in [3.63, 3.8) is 0 Å². The smallest absolute Gasteiger partial charge is 0.226 e. The molecule has 4 nitrogen and oxygen atoms in total. The number of rotatable bonds is 5. The number of allylic oxidation sites excluding steroid dienone is 2. The standard InChI is InChI=1S/C21H27FN2O2/c1-12-10-15(17-8-9-23-14(17)3)4-5-16(12)13(2)11-24-21(26)18-6-7-19(25)20(18)22/h4-5,9-10,13,18-20,25H,6-8,11H2,1-3H3,(H,24,26)/t13?,18?,19-,20+/m0/s1. The van der Waals surface area contributed by atoms with Gasteiger partial charge in [0.15, 0.2) is 0 Å². The monoisotopic (exact) mass is 358 g/mol. The van der Waals surface area contributed by atoms with Crippen molar-refractivity contribution >= 4 is 17.7 Å². The maximum absolute atomic E-state index is 13.8. The zero-order chi connectivity index (χ0) is 18.8. The molecule has 1 aliphatic heterocycles. The van der Waals surface area contributed by atoms with Crippen molar-refractivity contribution in [2.24, 2.45) is 10.9 Å². The number of aliphatic hydroxyl groups excluding tert-OH is 1. The highest BCUT2D eigenvalue weighted by atomic mass is 19.1. The maximum atomic E-state index is 13.8. The molecule has 5 heteroatoms. The normalized spacial score (nSPS) is 26.4. The number of alkyl halides is 1. The number of carbonyl (C=O) groups is 1. The van der Waals surface area contributed by atoms with E-state index in [1.807, 2.05) is 13.1 Å². The van der Waals surface area contributed by atoms with Gasteiger partial charge in [-0.3, -0.25) is 9.79 Å². The molecule has 4 atom stereocenters. The lowest BCUT2D eigenvalue weighted by molar-refractivity contribution is -0.127. The summed E-state index contributed by atoms with van der Waals surface area (Å²) in [5.74, 6) is -0.885. The number of benzene rings is 1. The van der Waals surface area contributed by atoms with E-state index in [9.17, 15) is 14.3 Å². The Morgan fingerprint density at radius 3 is 2.73 bits per heavy atom. The van der Waals surface area contributed by atoms with Crippen molar-refractivity contribution in [3.8, 4) is 0 Å². The van der Waals surface area contributed by atoms with Crippen molar-refractivity contribution in [1.29, 1.82) is 0 Å². The Morgan fingerprint density at radius 2 is 2.15 bits per heavy atom. The van der Waals surface area contributed by atoms with Gasteiger partial charge in [-0.1, -0.05) is 25.1 Å². The first-order valence-corrected chi connectivity index (χ1v) is 9.31. The average Bonchev–Trinajstić information content (AvgIpc) is 3.18. The Kier molecular flexibility index (Phi) is 5.56. The maximum Gasteiger partial charge on any atom is 0.226 e. The molecule has 1 aromatic rings. The molecule has 140 valence electrons. The topological polar surface area (TPSA) is 61.7 Å². The first kappa shape index (κ1) is 18.8. The summed E-state index contributed by atoms with van der Waals surface area (Å²) in [7, 11) is 0. The van der Waals surface area contributed by atoms with Gasteiger partial charge in [0, 0.05) is 24.9 Å². The van der Waals surface area contributed by atoms with Crippen LogP contribution in [0.1, 0.15) is 55.7 Å². The Labute approximate surface area is 154 Å². The molecule has 3 rings (SSSR count). The number of hydrogen-bond acceptors (Lipinski definition) is 3. The second-order valence-corrected chi connectivity index (χ2v) is 7.49.